The summed E-state index contributed by atoms with van der Waals surface area (Å²) in [5, 5.41) is 10.3. The number of hydrogen-bond acceptors (Lipinski definition) is 2. The van der Waals surface area contributed by atoms with E-state index in [0.29, 0.717) is 0 Å². The van der Waals surface area contributed by atoms with E-state index in [0.717, 1.165) is 30.4 Å². The van der Waals surface area contributed by atoms with Crippen molar-refractivity contribution in [3.8, 4) is 0 Å². The Morgan fingerprint density at radius 3 is 2.53 bits per heavy atom. The minimum atomic E-state index is -0.624. The second-order valence-corrected chi connectivity index (χ2v) is 6.57. The molecule has 0 saturated carbocycles. The number of hydrogen-bond donors (Lipinski definition) is 1. The predicted molar refractivity (Wildman–Crippen MR) is 77.0 cm³/mol. The highest BCUT2D eigenvalue weighted by Gasteiger charge is 2.17. The lowest BCUT2D eigenvalue weighted by atomic mass is 10.1. The van der Waals surface area contributed by atoms with Crippen LogP contribution in [-0.4, -0.2) is 5.11 Å². The van der Waals surface area contributed by atoms with E-state index in [9.17, 15) is 5.11 Å². The highest BCUT2D eigenvalue weighted by molar-refractivity contribution is 9.10. The molecule has 0 bridgehead atoms. The molecule has 0 fully saturated rings. The molecule has 90 valence electrons. The van der Waals surface area contributed by atoms with Crippen LogP contribution in [0.4, 0.5) is 0 Å². The van der Waals surface area contributed by atoms with Crippen molar-refractivity contribution in [3.05, 3.63) is 54.6 Å². The number of aliphatic hydroxyl groups is 1. The van der Waals surface area contributed by atoms with Crippen molar-refractivity contribution >= 4 is 38.9 Å². The molecule has 1 heterocycles. The van der Waals surface area contributed by atoms with Gasteiger partial charge in [-0.25, -0.2) is 0 Å². The molecule has 4 heteroatoms. The number of thiophene rings is 1. The van der Waals surface area contributed by atoms with Crippen LogP contribution >= 0.6 is 38.9 Å². The first-order chi connectivity index (χ1) is 7.99. The zero-order chi connectivity index (χ0) is 12.6. The number of rotatable bonds is 2. The van der Waals surface area contributed by atoms with E-state index in [2.05, 4.69) is 15.9 Å². The molecule has 0 radical (unpaired) electrons. The van der Waals surface area contributed by atoms with Gasteiger partial charge in [-0.1, -0.05) is 39.7 Å². The Morgan fingerprint density at radius 2 is 2.00 bits per heavy atom. The zero-order valence-electron chi connectivity index (χ0n) is 9.50. The lowest BCUT2D eigenvalue weighted by Gasteiger charge is -2.11. The Kier molecular flexibility index (Phi) is 3.93. The van der Waals surface area contributed by atoms with Crippen molar-refractivity contribution in [2.75, 3.05) is 0 Å². The first-order valence-electron chi connectivity index (χ1n) is 5.19. The summed E-state index contributed by atoms with van der Waals surface area (Å²) >= 11 is 10.9. The maximum atomic E-state index is 10.3. The van der Waals surface area contributed by atoms with E-state index < -0.39 is 6.10 Å². The minimum absolute atomic E-state index is 0.624. The van der Waals surface area contributed by atoms with E-state index in [4.69, 9.17) is 11.6 Å². The van der Waals surface area contributed by atoms with Crippen LogP contribution < -0.4 is 0 Å². The second-order valence-electron chi connectivity index (χ2n) is 4.03. The number of aryl methyl sites for hydroxylation is 2. The predicted octanol–water partition coefficient (Wildman–Crippen LogP) is 4.86. The lowest BCUT2D eigenvalue weighted by Crippen LogP contribution is -1.98. The molecule has 1 nitrogen and oxygen atoms in total. The van der Waals surface area contributed by atoms with Crippen LogP contribution in [-0.2, 0) is 0 Å². The summed E-state index contributed by atoms with van der Waals surface area (Å²) in [6.07, 6.45) is -0.624. The molecule has 0 aliphatic rings. The van der Waals surface area contributed by atoms with Gasteiger partial charge in [0.05, 0.1) is 4.34 Å². The number of benzene rings is 1. The van der Waals surface area contributed by atoms with Gasteiger partial charge in [-0.3, -0.25) is 0 Å². The maximum Gasteiger partial charge on any atom is 0.114 e. The van der Waals surface area contributed by atoms with Crippen LogP contribution in [0.5, 0.6) is 0 Å². The average molecular weight is 332 g/mol. The summed E-state index contributed by atoms with van der Waals surface area (Å²) in [5.74, 6) is 0. The van der Waals surface area contributed by atoms with Crippen LogP contribution in [0.1, 0.15) is 27.7 Å². The van der Waals surface area contributed by atoms with Gasteiger partial charge in [0.15, 0.2) is 0 Å². The topological polar surface area (TPSA) is 20.2 Å². The van der Waals surface area contributed by atoms with E-state index in [1.54, 1.807) is 0 Å². The van der Waals surface area contributed by atoms with E-state index in [1.807, 2.05) is 38.1 Å². The van der Waals surface area contributed by atoms with Gasteiger partial charge in [-0.2, -0.15) is 0 Å². The summed E-state index contributed by atoms with van der Waals surface area (Å²) in [6.45, 7) is 3.96. The van der Waals surface area contributed by atoms with Crippen LogP contribution in [0, 0.1) is 13.8 Å². The summed E-state index contributed by atoms with van der Waals surface area (Å²) in [7, 11) is 0. The fourth-order valence-corrected chi connectivity index (χ4v) is 3.56. The molecule has 1 atom stereocenters. The molecular weight excluding hydrogens is 320 g/mol. The van der Waals surface area contributed by atoms with Gasteiger partial charge >= 0.3 is 0 Å². The standard InChI is InChI=1S/C13H12BrClOS/c1-7-3-4-9(10(14)5-7)12(16)11-6-8(2)13(15)17-11/h3-6,12,16H,1-2H3. The minimum Gasteiger partial charge on any atom is -0.383 e. The third kappa shape index (κ3) is 2.74. The molecule has 0 aliphatic carbocycles. The van der Waals surface area contributed by atoms with Crippen molar-refractivity contribution in [2.24, 2.45) is 0 Å². The van der Waals surface area contributed by atoms with Crippen molar-refractivity contribution in [2.45, 2.75) is 20.0 Å². The Labute approximate surface area is 118 Å². The first-order valence-corrected chi connectivity index (χ1v) is 7.17. The van der Waals surface area contributed by atoms with E-state index in [1.165, 1.54) is 11.3 Å². The molecule has 1 aromatic heterocycles. The van der Waals surface area contributed by atoms with Crippen LogP contribution in [0.2, 0.25) is 4.34 Å². The van der Waals surface area contributed by atoms with Gasteiger partial charge in [-0.05, 0) is 42.7 Å². The summed E-state index contributed by atoms with van der Waals surface area (Å²) in [4.78, 5) is 0.872. The van der Waals surface area contributed by atoms with E-state index >= 15 is 0 Å². The maximum absolute atomic E-state index is 10.3. The molecule has 1 aromatic carbocycles. The molecular formula is C13H12BrClOS. The Morgan fingerprint density at radius 1 is 1.29 bits per heavy atom. The monoisotopic (exact) mass is 330 g/mol. The van der Waals surface area contributed by atoms with Crippen molar-refractivity contribution in [3.63, 3.8) is 0 Å². The van der Waals surface area contributed by atoms with Gasteiger partial charge < -0.3 is 5.11 Å². The largest absolute Gasteiger partial charge is 0.383 e. The third-order valence-electron chi connectivity index (χ3n) is 2.60. The summed E-state index contributed by atoms with van der Waals surface area (Å²) in [6, 6.07) is 7.86. The van der Waals surface area contributed by atoms with Gasteiger partial charge in [-0.15, -0.1) is 11.3 Å². The smallest absolute Gasteiger partial charge is 0.114 e. The Balaban J connectivity index is 2.39. The number of aliphatic hydroxyl groups excluding tert-OH is 1. The summed E-state index contributed by atoms with van der Waals surface area (Å²) in [5.41, 5.74) is 3.04. The number of halogens is 2. The van der Waals surface area contributed by atoms with Crippen LogP contribution in [0.3, 0.4) is 0 Å². The lowest BCUT2D eigenvalue weighted by molar-refractivity contribution is 0.223. The molecule has 1 unspecified atom stereocenters. The molecule has 0 spiro atoms. The molecule has 0 aliphatic heterocycles. The highest BCUT2D eigenvalue weighted by atomic mass is 79.9. The van der Waals surface area contributed by atoms with Crippen molar-refractivity contribution in [1.82, 2.24) is 0 Å². The van der Waals surface area contributed by atoms with Gasteiger partial charge in [0, 0.05) is 9.35 Å². The normalized spacial score (nSPS) is 12.8. The zero-order valence-corrected chi connectivity index (χ0v) is 12.7. The van der Waals surface area contributed by atoms with Crippen molar-refractivity contribution < 1.29 is 5.11 Å². The quantitative estimate of drug-likeness (QED) is 0.833. The molecule has 0 saturated heterocycles. The highest BCUT2D eigenvalue weighted by Crippen LogP contribution is 2.36. The van der Waals surface area contributed by atoms with Gasteiger partial charge in [0.1, 0.15) is 6.10 Å². The van der Waals surface area contributed by atoms with E-state index in [-0.39, 0.29) is 0 Å². The van der Waals surface area contributed by atoms with Gasteiger partial charge in [0.25, 0.3) is 0 Å². The SMILES string of the molecule is Cc1ccc(C(O)c2cc(C)c(Cl)s2)c(Br)c1. The molecule has 2 aromatic rings. The van der Waals surface area contributed by atoms with Gasteiger partial charge in [0.2, 0.25) is 0 Å². The first kappa shape index (κ1) is 13.1. The second kappa shape index (κ2) is 5.11. The van der Waals surface area contributed by atoms with Crippen LogP contribution in [0.15, 0.2) is 28.7 Å². The fraction of sp³-hybridized carbons (Fsp3) is 0.231. The molecule has 17 heavy (non-hydrogen) atoms. The third-order valence-corrected chi connectivity index (χ3v) is 4.89. The Hall–Kier alpha value is -0.350. The van der Waals surface area contributed by atoms with Crippen molar-refractivity contribution in [1.29, 1.82) is 0 Å². The fourth-order valence-electron chi connectivity index (χ4n) is 1.63. The molecule has 0 amide bonds. The van der Waals surface area contributed by atoms with Crippen LogP contribution in [0.25, 0.3) is 0 Å². The molecule has 1 N–H and O–H groups in total. The molecule has 2 rings (SSSR count). The summed E-state index contributed by atoms with van der Waals surface area (Å²) < 4.78 is 1.66. The Bertz CT molecular complexity index is 531. The average Bonchev–Trinajstić information content (AvgIpc) is 2.58.